The van der Waals surface area contributed by atoms with E-state index in [-0.39, 0.29) is 5.91 Å². The molecule has 4 nitrogen and oxygen atoms in total. The first-order chi connectivity index (χ1) is 6.32. The average Bonchev–Trinajstić information content (AvgIpc) is 1.97. The largest absolute Gasteiger partial charge is 0.386 e. The van der Waals surface area contributed by atoms with Crippen LogP contribution in [0.1, 0.15) is 27.2 Å². The molecule has 1 rings (SSSR count). The van der Waals surface area contributed by atoms with Crippen LogP contribution in [0.2, 0.25) is 0 Å². The molecule has 0 aromatic rings. The molecule has 14 heavy (non-hydrogen) atoms. The van der Waals surface area contributed by atoms with Crippen LogP contribution in [0.5, 0.6) is 0 Å². The highest BCUT2D eigenvalue weighted by Gasteiger charge is 2.40. The summed E-state index contributed by atoms with van der Waals surface area (Å²) < 4.78 is 0. The highest BCUT2D eigenvalue weighted by atomic mass is 16.3. The summed E-state index contributed by atoms with van der Waals surface area (Å²) in [6.07, 6.45) is 0.706. The summed E-state index contributed by atoms with van der Waals surface area (Å²) in [5, 5.41) is 9.46. The van der Waals surface area contributed by atoms with Gasteiger partial charge in [-0.25, -0.2) is 0 Å². The van der Waals surface area contributed by atoms with E-state index in [4.69, 9.17) is 5.73 Å². The van der Waals surface area contributed by atoms with Gasteiger partial charge in [0.2, 0.25) is 5.91 Å². The summed E-state index contributed by atoms with van der Waals surface area (Å²) in [4.78, 5) is 13.3. The minimum atomic E-state index is -0.701. The first-order valence-corrected chi connectivity index (χ1v) is 5.08. The second-order valence-corrected chi connectivity index (χ2v) is 4.93. The van der Waals surface area contributed by atoms with Gasteiger partial charge in [0.15, 0.2) is 0 Å². The van der Waals surface area contributed by atoms with Gasteiger partial charge in [-0.2, -0.15) is 0 Å². The maximum Gasteiger partial charge on any atom is 0.239 e. The SMILES string of the molecule is CC(C)C[C@H](N)C(=O)N1CC(C)(O)C1. The Morgan fingerprint density at radius 2 is 2.07 bits per heavy atom. The number of nitrogens with zero attached hydrogens (tertiary/aromatic N) is 1. The van der Waals surface area contributed by atoms with Crippen molar-refractivity contribution in [2.24, 2.45) is 11.7 Å². The molecule has 1 fully saturated rings. The summed E-state index contributed by atoms with van der Waals surface area (Å²) in [5.41, 5.74) is 5.04. The molecule has 0 spiro atoms. The van der Waals surface area contributed by atoms with Gasteiger partial charge in [-0.15, -0.1) is 0 Å². The quantitative estimate of drug-likeness (QED) is 0.671. The van der Waals surface area contributed by atoms with Crippen molar-refractivity contribution < 1.29 is 9.90 Å². The van der Waals surface area contributed by atoms with Gasteiger partial charge in [0.25, 0.3) is 0 Å². The fraction of sp³-hybridized carbons (Fsp3) is 0.900. The molecule has 0 aromatic carbocycles. The molecule has 1 atom stereocenters. The number of aliphatic hydroxyl groups is 1. The molecule has 1 heterocycles. The van der Waals surface area contributed by atoms with Gasteiger partial charge in [-0.3, -0.25) is 4.79 Å². The van der Waals surface area contributed by atoms with Gasteiger partial charge in [0.1, 0.15) is 0 Å². The van der Waals surface area contributed by atoms with Crippen molar-refractivity contribution in [2.75, 3.05) is 13.1 Å². The summed E-state index contributed by atoms with van der Waals surface area (Å²) in [6, 6.07) is -0.411. The molecular weight excluding hydrogens is 180 g/mol. The fourth-order valence-electron chi connectivity index (χ4n) is 1.78. The lowest BCUT2D eigenvalue weighted by molar-refractivity contribution is -0.154. The van der Waals surface area contributed by atoms with Crippen molar-refractivity contribution in [2.45, 2.75) is 38.8 Å². The van der Waals surface area contributed by atoms with E-state index in [0.29, 0.717) is 25.4 Å². The second kappa shape index (κ2) is 3.87. The van der Waals surface area contributed by atoms with Crippen LogP contribution in [0, 0.1) is 5.92 Å². The first-order valence-electron chi connectivity index (χ1n) is 5.08. The zero-order chi connectivity index (χ0) is 10.9. The predicted molar refractivity (Wildman–Crippen MR) is 54.6 cm³/mol. The van der Waals surface area contributed by atoms with E-state index in [0.717, 1.165) is 0 Å². The number of nitrogens with two attached hydrogens (primary N) is 1. The monoisotopic (exact) mass is 200 g/mol. The molecule has 1 aliphatic heterocycles. The Bertz CT molecular complexity index is 211. The van der Waals surface area contributed by atoms with E-state index < -0.39 is 11.6 Å². The van der Waals surface area contributed by atoms with Crippen LogP contribution in [0.3, 0.4) is 0 Å². The van der Waals surface area contributed by atoms with Crippen LogP contribution in [-0.2, 0) is 4.79 Å². The summed E-state index contributed by atoms with van der Waals surface area (Å²) in [7, 11) is 0. The van der Waals surface area contributed by atoms with Crippen LogP contribution in [0.15, 0.2) is 0 Å². The van der Waals surface area contributed by atoms with Gasteiger partial charge in [-0.05, 0) is 19.3 Å². The molecule has 1 saturated heterocycles. The Balaban J connectivity index is 2.36. The maximum atomic E-state index is 11.6. The van der Waals surface area contributed by atoms with Crippen molar-refractivity contribution in [1.29, 1.82) is 0 Å². The average molecular weight is 200 g/mol. The number of hydrogen-bond donors (Lipinski definition) is 2. The lowest BCUT2D eigenvalue weighted by Gasteiger charge is -2.45. The number of likely N-dealkylation sites (tertiary alicyclic amines) is 1. The van der Waals surface area contributed by atoms with Gasteiger partial charge in [-0.1, -0.05) is 13.8 Å². The lowest BCUT2D eigenvalue weighted by atomic mass is 9.94. The smallest absolute Gasteiger partial charge is 0.239 e. The highest BCUT2D eigenvalue weighted by molar-refractivity contribution is 5.82. The Morgan fingerprint density at radius 1 is 1.57 bits per heavy atom. The number of β-amino-alcohol motifs (C(OH)–C–C–N with tert-alkyl or cyclic N) is 1. The van der Waals surface area contributed by atoms with E-state index in [9.17, 15) is 9.90 Å². The topological polar surface area (TPSA) is 66.6 Å². The molecule has 0 aromatic heterocycles. The van der Waals surface area contributed by atoms with Gasteiger partial charge in [0.05, 0.1) is 24.7 Å². The van der Waals surface area contributed by atoms with E-state index in [1.807, 2.05) is 13.8 Å². The van der Waals surface area contributed by atoms with Gasteiger partial charge >= 0.3 is 0 Å². The number of hydrogen-bond acceptors (Lipinski definition) is 3. The predicted octanol–water partition coefficient (Wildman–Crippen LogP) is -0.0470. The number of amides is 1. The van der Waals surface area contributed by atoms with E-state index in [1.54, 1.807) is 11.8 Å². The first kappa shape index (κ1) is 11.5. The van der Waals surface area contributed by atoms with Gasteiger partial charge in [0, 0.05) is 0 Å². The fourth-order valence-corrected chi connectivity index (χ4v) is 1.78. The van der Waals surface area contributed by atoms with Crippen LogP contribution in [-0.4, -0.2) is 40.6 Å². The minimum absolute atomic E-state index is 0.0368. The van der Waals surface area contributed by atoms with Crippen molar-refractivity contribution in [3.8, 4) is 0 Å². The summed E-state index contributed by atoms with van der Waals surface area (Å²) >= 11 is 0. The van der Waals surface area contributed by atoms with Crippen LogP contribution in [0.4, 0.5) is 0 Å². The van der Waals surface area contributed by atoms with E-state index >= 15 is 0 Å². The summed E-state index contributed by atoms with van der Waals surface area (Å²) in [5.74, 6) is 0.390. The second-order valence-electron chi connectivity index (χ2n) is 4.93. The molecule has 0 radical (unpaired) electrons. The van der Waals surface area contributed by atoms with Crippen molar-refractivity contribution >= 4 is 5.91 Å². The molecule has 0 aliphatic carbocycles. The zero-order valence-corrected chi connectivity index (χ0v) is 9.16. The number of rotatable bonds is 3. The molecule has 1 amide bonds. The molecule has 0 unspecified atom stereocenters. The third kappa shape index (κ3) is 2.69. The van der Waals surface area contributed by atoms with Crippen molar-refractivity contribution in [1.82, 2.24) is 4.90 Å². The molecule has 4 heteroatoms. The third-order valence-corrected chi connectivity index (χ3v) is 2.42. The number of carbonyl (C=O) groups excluding carboxylic acids is 1. The van der Waals surface area contributed by atoms with Crippen molar-refractivity contribution in [3.05, 3.63) is 0 Å². The Labute approximate surface area is 85.1 Å². The third-order valence-electron chi connectivity index (χ3n) is 2.42. The number of carbonyl (C=O) groups is 1. The lowest BCUT2D eigenvalue weighted by Crippen LogP contribution is -2.64. The molecule has 0 saturated carbocycles. The van der Waals surface area contributed by atoms with E-state index in [1.165, 1.54) is 0 Å². The minimum Gasteiger partial charge on any atom is -0.386 e. The maximum absolute atomic E-state index is 11.6. The Hall–Kier alpha value is -0.610. The van der Waals surface area contributed by atoms with E-state index in [2.05, 4.69) is 0 Å². The normalized spacial score (nSPS) is 22.0. The van der Waals surface area contributed by atoms with Crippen LogP contribution < -0.4 is 5.73 Å². The Morgan fingerprint density at radius 3 is 2.43 bits per heavy atom. The molecule has 3 N–H and O–H groups in total. The standard InChI is InChI=1S/C10H20N2O2/c1-7(2)4-8(11)9(13)12-5-10(3,14)6-12/h7-8,14H,4-6,11H2,1-3H3/t8-/m0/s1. The van der Waals surface area contributed by atoms with Crippen LogP contribution in [0.25, 0.3) is 0 Å². The van der Waals surface area contributed by atoms with Gasteiger partial charge < -0.3 is 15.7 Å². The zero-order valence-electron chi connectivity index (χ0n) is 9.16. The summed E-state index contributed by atoms with van der Waals surface area (Å²) in [6.45, 7) is 6.64. The Kier molecular flexibility index (Phi) is 3.17. The molecule has 1 aliphatic rings. The van der Waals surface area contributed by atoms with Crippen molar-refractivity contribution in [3.63, 3.8) is 0 Å². The molecule has 82 valence electrons. The highest BCUT2D eigenvalue weighted by Crippen LogP contribution is 2.21. The van der Waals surface area contributed by atoms with Crippen LogP contribution >= 0.6 is 0 Å². The molecule has 0 bridgehead atoms. The molecular formula is C10H20N2O2.